The Bertz CT molecular complexity index is 685. The average molecular weight is 274 g/mol. The van der Waals surface area contributed by atoms with Gasteiger partial charge in [-0.3, -0.25) is 4.79 Å². The molecule has 3 rings (SSSR count). The minimum absolute atomic E-state index is 0.0287. The van der Waals surface area contributed by atoms with Gasteiger partial charge in [0.2, 0.25) is 0 Å². The van der Waals surface area contributed by atoms with Gasteiger partial charge in [-0.1, -0.05) is 0 Å². The molecular weight excluding hydrogens is 264 g/mol. The zero-order chi connectivity index (χ0) is 14.1. The predicted molar refractivity (Wildman–Crippen MR) is 67.5 cm³/mol. The van der Waals surface area contributed by atoms with E-state index in [0.29, 0.717) is 42.3 Å². The molecule has 0 fully saturated rings. The van der Waals surface area contributed by atoms with E-state index in [-0.39, 0.29) is 11.3 Å². The van der Waals surface area contributed by atoms with E-state index >= 15 is 0 Å². The number of ether oxygens (including phenoxy) is 2. The SMILES string of the molecule is O=Cc1ccc(-c2cc3c(cc2C(=O)O)OCCO3)o1. The molecule has 102 valence electrons. The zero-order valence-electron chi connectivity index (χ0n) is 10.3. The molecule has 6 heteroatoms. The molecule has 0 atom stereocenters. The third-order valence-electron chi connectivity index (χ3n) is 2.92. The van der Waals surface area contributed by atoms with Crippen molar-refractivity contribution in [3.8, 4) is 22.8 Å². The Morgan fingerprint density at radius 1 is 1.15 bits per heavy atom. The van der Waals surface area contributed by atoms with Crippen LogP contribution in [0.1, 0.15) is 20.9 Å². The van der Waals surface area contributed by atoms with Gasteiger partial charge in [-0.25, -0.2) is 4.79 Å². The highest BCUT2D eigenvalue weighted by Crippen LogP contribution is 2.38. The topological polar surface area (TPSA) is 86.0 Å². The number of furan rings is 1. The summed E-state index contributed by atoms with van der Waals surface area (Å²) in [7, 11) is 0. The summed E-state index contributed by atoms with van der Waals surface area (Å²) in [5, 5.41) is 9.28. The number of rotatable bonds is 3. The summed E-state index contributed by atoms with van der Waals surface area (Å²) >= 11 is 0. The van der Waals surface area contributed by atoms with E-state index in [2.05, 4.69) is 0 Å². The first-order valence-electron chi connectivity index (χ1n) is 5.91. The lowest BCUT2D eigenvalue weighted by Gasteiger charge is -2.19. The summed E-state index contributed by atoms with van der Waals surface area (Å²) in [6.45, 7) is 0.776. The van der Waals surface area contributed by atoms with E-state index in [4.69, 9.17) is 13.9 Å². The van der Waals surface area contributed by atoms with Gasteiger partial charge in [-0.15, -0.1) is 0 Å². The second kappa shape index (κ2) is 4.73. The van der Waals surface area contributed by atoms with E-state index in [9.17, 15) is 14.7 Å². The quantitative estimate of drug-likeness (QED) is 0.864. The lowest BCUT2D eigenvalue weighted by molar-refractivity contribution is 0.0696. The molecule has 1 aromatic heterocycles. The molecule has 1 aliphatic heterocycles. The summed E-state index contributed by atoms with van der Waals surface area (Å²) < 4.78 is 16.1. The fourth-order valence-corrected chi connectivity index (χ4v) is 2.03. The van der Waals surface area contributed by atoms with Crippen LogP contribution in [0.4, 0.5) is 0 Å². The molecule has 0 bridgehead atoms. The minimum atomic E-state index is -1.11. The van der Waals surface area contributed by atoms with Crippen LogP contribution in [0.25, 0.3) is 11.3 Å². The highest BCUT2D eigenvalue weighted by molar-refractivity contribution is 5.96. The number of carboxylic acids is 1. The first-order valence-corrected chi connectivity index (χ1v) is 5.91. The van der Waals surface area contributed by atoms with Gasteiger partial charge >= 0.3 is 5.97 Å². The van der Waals surface area contributed by atoms with Gasteiger partial charge in [-0.2, -0.15) is 0 Å². The summed E-state index contributed by atoms with van der Waals surface area (Å²) in [4.78, 5) is 22.0. The second-order valence-electron chi connectivity index (χ2n) is 4.17. The minimum Gasteiger partial charge on any atom is -0.486 e. The number of carbonyl (C=O) groups excluding carboxylic acids is 1. The van der Waals surface area contributed by atoms with Crippen molar-refractivity contribution in [2.24, 2.45) is 0 Å². The van der Waals surface area contributed by atoms with Crippen LogP contribution in [0, 0.1) is 0 Å². The Morgan fingerprint density at radius 3 is 2.45 bits per heavy atom. The monoisotopic (exact) mass is 274 g/mol. The number of aromatic carboxylic acids is 1. The first kappa shape index (κ1) is 12.3. The molecular formula is C14H10O6. The van der Waals surface area contributed by atoms with Crippen LogP contribution in [0.3, 0.4) is 0 Å². The highest BCUT2D eigenvalue weighted by Gasteiger charge is 2.21. The molecule has 1 N–H and O–H groups in total. The van der Waals surface area contributed by atoms with E-state index in [1.165, 1.54) is 12.1 Å². The molecule has 2 heterocycles. The van der Waals surface area contributed by atoms with Gasteiger partial charge in [0.25, 0.3) is 0 Å². The third kappa shape index (κ3) is 2.01. The van der Waals surface area contributed by atoms with Gasteiger partial charge in [0.05, 0.1) is 5.56 Å². The molecule has 0 amide bonds. The van der Waals surface area contributed by atoms with Crippen molar-refractivity contribution in [2.45, 2.75) is 0 Å². The molecule has 0 radical (unpaired) electrons. The maximum Gasteiger partial charge on any atom is 0.336 e. The Kier molecular flexibility index (Phi) is 2.90. The summed E-state index contributed by atoms with van der Waals surface area (Å²) in [6, 6.07) is 5.97. The second-order valence-corrected chi connectivity index (χ2v) is 4.17. The maximum atomic E-state index is 11.3. The fourth-order valence-electron chi connectivity index (χ4n) is 2.03. The van der Waals surface area contributed by atoms with Crippen LogP contribution < -0.4 is 9.47 Å². The number of carbonyl (C=O) groups is 2. The Labute approximate surface area is 113 Å². The largest absolute Gasteiger partial charge is 0.486 e. The average Bonchev–Trinajstić information content (AvgIpc) is 2.94. The van der Waals surface area contributed by atoms with E-state index in [0.717, 1.165) is 0 Å². The zero-order valence-corrected chi connectivity index (χ0v) is 10.3. The van der Waals surface area contributed by atoms with Crippen molar-refractivity contribution in [3.05, 3.63) is 35.6 Å². The van der Waals surface area contributed by atoms with Crippen molar-refractivity contribution < 1.29 is 28.6 Å². The molecule has 1 aliphatic rings. The molecule has 6 nitrogen and oxygen atoms in total. The molecule has 1 aromatic carbocycles. The Balaban J connectivity index is 2.16. The fraction of sp³-hybridized carbons (Fsp3) is 0.143. The number of fused-ring (bicyclic) bond motifs is 1. The standard InChI is InChI=1S/C14H10O6/c15-7-8-1-2-11(20-8)9-5-12-13(19-4-3-18-12)6-10(9)14(16)17/h1-2,5-7H,3-4H2,(H,16,17). The number of aldehydes is 1. The van der Waals surface area contributed by atoms with Crippen molar-refractivity contribution in [3.63, 3.8) is 0 Å². The van der Waals surface area contributed by atoms with Crippen LogP contribution in [0.2, 0.25) is 0 Å². The van der Waals surface area contributed by atoms with Gasteiger partial charge in [0, 0.05) is 5.56 Å². The van der Waals surface area contributed by atoms with Gasteiger partial charge in [0.1, 0.15) is 19.0 Å². The summed E-state index contributed by atoms with van der Waals surface area (Å²) in [6.07, 6.45) is 0.557. The van der Waals surface area contributed by atoms with Crippen LogP contribution in [-0.2, 0) is 0 Å². The van der Waals surface area contributed by atoms with Crippen molar-refractivity contribution >= 4 is 12.3 Å². The Hall–Kier alpha value is -2.76. The van der Waals surface area contributed by atoms with Crippen LogP contribution in [0.5, 0.6) is 11.5 Å². The maximum absolute atomic E-state index is 11.3. The lowest BCUT2D eigenvalue weighted by Crippen LogP contribution is -2.16. The molecule has 20 heavy (non-hydrogen) atoms. The third-order valence-corrected chi connectivity index (χ3v) is 2.92. The van der Waals surface area contributed by atoms with Gasteiger partial charge in [-0.05, 0) is 24.3 Å². The summed E-state index contributed by atoms with van der Waals surface area (Å²) in [5.74, 6) is 0.161. The molecule has 0 saturated heterocycles. The molecule has 0 aliphatic carbocycles. The van der Waals surface area contributed by atoms with Crippen molar-refractivity contribution in [2.75, 3.05) is 13.2 Å². The number of hydrogen-bond donors (Lipinski definition) is 1. The number of hydrogen-bond acceptors (Lipinski definition) is 5. The lowest BCUT2D eigenvalue weighted by atomic mass is 10.0. The van der Waals surface area contributed by atoms with Crippen LogP contribution in [0.15, 0.2) is 28.7 Å². The Morgan fingerprint density at radius 2 is 1.85 bits per heavy atom. The number of benzene rings is 1. The molecule has 0 spiro atoms. The highest BCUT2D eigenvalue weighted by atomic mass is 16.6. The van der Waals surface area contributed by atoms with Crippen molar-refractivity contribution in [1.29, 1.82) is 0 Å². The molecule has 0 unspecified atom stereocenters. The predicted octanol–water partition coefficient (Wildman–Crippen LogP) is 2.23. The first-order chi connectivity index (χ1) is 9.69. The number of carboxylic acid groups (broad SMARTS) is 1. The smallest absolute Gasteiger partial charge is 0.336 e. The molecule has 2 aromatic rings. The molecule has 0 saturated carbocycles. The van der Waals surface area contributed by atoms with Crippen LogP contribution >= 0.6 is 0 Å². The van der Waals surface area contributed by atoms with E-state index in [1.807, 2.05) is 0 Å². The van der Waals surface area contributed by atoms with Crippen molar-refractivity contribution in [1.82, 2.24) is 0 Å². The van der Waals surface area contributed by atoms with Gasteiger partial charge in [0.15, 0.2) is 23.5 Å². The van der Waals surface area contributed by atoms with E-state index < -0.39 is 5.97 Å². The van der Waals surface area contributed by atoms with Crippen LogP contribution in [-0.4, -0.2) is 30.6 Å². The summed E-state index contributed by atoms with van der Waals surface area (Å²) in [5.41, 5.74) is 0.371. The normalized spacial score (nSPS) is 13.0. The van der Waals surface area contributed by atoms with Gasteiger partial charge < -0.3 is 19.0 Å². The van der Waals surface area contributed by atoms with E-state index in [1.54, 1.807) is 12.1 Å².